The van der Waals surface area contributed by atoms with E-state index in [0.29, 0.717) is 17.3 Å². The van der Waals surface area contributed by atoms with Crippen LogP contribution in [0.4, 0.5) is 0 Å². The van der Waals surface area contributed by atoms with E-state index < -0.39 is 6.10 Å². The van der Waals surface area contributed by atoms with Gasteiger partial charge in [-0.2, -0.15) is 0 Å². The van der Waals surface area contributed by atoms with E-state index in [4.69, 9.17) is 16.3 Å². The van der Waals surface area contributed by atoms with Gasteiger partial charge in [0.05, 0.1) is 18.2 Å². The third kappa shape index (κ3) is 2.57. The molecule has 0 bridgehead atoms. The second kappa shape index (κ2) is 5.71. The largest absolute Gasteiger partial charge is 0.495 e. The van der Waals surface area contributed by atoms with Crippen LogP contribution in [-0.2, 0) is 0 Å². The van der Waals surface area contributed by atoms with Gasteiger partial charge in [-0.3, -0.25) is 0 Å². The number of halogens is 1. The Labute approximate surface area is 108 Å². The molecule has 1 rings (SSSR count). The number of benzene rings is 1. The molecule has 0 aromatic heterocycles. The van der Waals surface area contributed by atoms with Crippen molar-refractivity contribution in [3.05, 3.63) is 27.3 Å². The lowest BCUT2D eigenvalue weighted by molar-refractivity contribution is 0.176. The molecule has 0 saturated carbocycles. The minimum Gasteiger partial charge on any atom is -0.495 e. The lowest BCUT2D eigenvalue weighted by Crippen LogP contribution is -2.19. The molecule has 96 valence electrons. The molecule has 1 unspecified atom stereocenters. The Bertz CT molecular complexity index is 389. The zero-order chi connectivity index (χ0) is 13.2. The molecule has 0 aliphatic carbocycles. The summed E-state index contributed by atoms with van der Waals surface area (Å²) in [5.74, 6) is 0.696. The summed E-state index contributed by atoms with van der Waals surface area (Å²) < 4.78 is 5.30. The number of hydrogen-bond acceptors (Lipinski definition) is 3. The first-order valence-corrected chi connectivity index (χ1v) is 5.99. The van der Waals surface area contributed by atoms with Gasteiger partial charge in [0.2, 0.25) is 0 Å². The van der Waals surface area contributed by atoms with Crippen molar-refractivity contribution in [1.82, 2.24) is 5.32 Å². The van der Waals surface area contributed by atoms with Gasteiger partial charge >= 0.3 is 0 Å². The van der Waals surface area contributed by atoms with Crippen LogP contribution in [0.2, 0.25) is 5.02 Å². The zero-order valence-corrected chi connectivity index (χ0v) is 11.8. The molecule has 0 heterocycles. The number of aliphatic hydroxyl groups is 1. The first kappa shape index (κ1) is 14.3. The number of methoxy groups -OCH3 is 1. The maximum Gasteiger partial charge on any atom is 0.140 e. The van der Waals surface area contributed by atoms with E-state index in [0.717, 1.165) is 22.3 Å². The van der Waals surface area contributed by atoms with Crippen LogP contribution in [-0.4, -0.2) is 25.8 Å². The molecule has 2 N–H and O–H groups in total. The molecular weight excluding hydrogens is 238 g/mol. The van der Waals surface area contributed by atoms with E-state index in [1.807, 2.05) is 27.8 Å². The highest BCUT2D eigenvalue weighted by molar-refractivity contribution is 6.33. The van der Waals surface area contributed by atoms with E-state index in [9.17, 15) is 5.11 Å². The topological polar surface area (TPSA) is 41.5 Å². The number of rotatable bonds is 4. The second-order valence-corrected chi connectivity index (χ2v) is 4.59. The lowest BCUT2D eigenvalue weighted by Gasteiger charge is -2.21. The van der Waals surface area contributed by atoms with Crippen molar-refractivity contribution in [2.75, 3.05) is 20.7 Å². The van der Waals surface area contributed by atoms with Crippen molar-refractivity contribution >= 4 is 11.6 Å². The van der Waals surface area contributed by atoms with Crippen LogP contribution >= 0.6 is 11.6 Å². The zero-order valence-electron chi connectivity index (χ0n) is 11.0. The molecule has 4 heteroatoms. The molecule has 0 saturated heterocycles. The predicted octanol–water partition coefficient (Wildman–Crippen LogP) is 2.53. The number of ether oxygens (including phenoxy) is 1. The van der Waals surface area contributed by atoms with Crippen molar-refractivity contribution in [1.29, 1.82) is 0 Å². The molecule has 0 aliphatic rings. The Kier molecular flexibility index (Phi) is 4.80. The summed E-state index contributed by atoms with van der Waals surface area (Å²) in [6.07, 6.45) is -0.554. The van der Waals surface area contributed by atoms with Gasteiger partial charge in [0.25, 0.3) is 0 Å². The molecule has 3 nitrogen and oxygen atoms in total. The fourth-order valence-corrected chi connectivity index (χ4v) is 2.47. The van der Waals surface area contributed by atoms with Crippen LogP contribution in [0, 0.1) is 20.8 Å². The first-order valence-electron chi connectivity index (χ1n) is 5.61. The third-order valence-electron chi connectivity index (χ3n) is 3.17. The Hall–Kier alpha value is -0.770. The lowest BCUT2D eigenvalue weighted by atomic mass is 9.93. The van der Waals surface area contributed by atoms with Gasteiger partial charge in [-0.1, -0.05) is 11.6 Å². The van der Waals surface area contributed by atoms with Gasteiger partial charge in [-0.25, -0.2) is 0 Å². The number of aliphatic hydroxyl groups excluding tert-OH is 1. The summed E-state index contributed by atoms with van der Waals surface area (Å²) in [6, 6.07) is 0. The summed E-state index contributed by atoms with van der Waals surface area (Å²) >= 11 is 6.26. The standard InChI is InChI=1S/C13H20ClNO2/c1-7-8(2)13(17-5)12(14)9(3)11(7)10(16)6-15-4/h10,15-16H,6H2,1-5H3. The highest BCUT2D eigenvalue weighted by Crippen LogP contribution is 2.38. The van der Waals surface area contributed by atoms with Gasteiger partial charge in [-0.15, -0.1) is 0 Å². The van der Waals surface area contributed by atoms with Gasteiger partial charge in [0, 0.05) is 6.54 Å². The molecule has 17 heavy (non-hydrogen) atoms. The highest BCUT2D eigenvalue weighted by atomic mass is 35.5. The number of likely N-dealkylation sites (N-methyl/N-ethyl adjacent to an activating group) is 1. The molecule has 1 aromatic rings. The van der Waals surface area contributed by atoms with E-state index in [2.05, 4.69) is 5.32 Å². The minimum atomic E-state index is -0.554. The second-order valence-electron chi connectivity index (χ2n) is 4.21. The van der Waals surface area contributed by atoms with Gasteiger partial charge in [0.15, 0.2) is 0 Å². The van der Waals surface area contributed by atoms with Crippen LogP contribution in [0.1, 0.15) is 28.4 Å². The highest BCUT2D eigenvalue weighted by Gasteiger charge is 2.20. The number of nitrogens with one attached hydrogen (secondary N) is 1. The summed E-state index contributed by atoms with van der Waals surface area (Å²) in [4.78, 5) is 0. The smallest absolute Gasteiger partial charge is 0.140 e. The fourth-order valence-electron chi connectivity index (χ4n) is 2.14. The summed E-state index contributed by atoms with van der Waals surface area (Å²) in [5.41, 5.74) is 3.79. The molecule has 1 atom stereocenters. The third-order valence-corrected chi connectivity index (χ3v) is 3.63. The van der Waals surface area contributed by atoms with E-state index in [1.165, 1.54) is 0 Å². The predicted molar refractivity (Wildman–Crippen MR) is 71.1 cm³/mol. The summed E-state index contributed by atoms with van der Waals surface area (Å²) in [5, 5.41) is 13.7. The van der Waals surface area contributed by atoms with Crippen LogP contribution in [0.3, 0.4) is 0 Å². The summed E-state index contributed by atoms with van der Waals surface area (Å²) in [6.45, 7) is 6.35. The maximum atomic E-state index is 10.1. The van der Waals surface area contributed by atoms with Crippen LogP contribution in [0.15, 0.2) is 0 Å². The van der Waals surface area contributed by atoms with E-state index >= 15 is 0 Å². The van der Waals surface area contributed by atoms with Crippen molar-refractivity contribution < 1.29 is 9.84 Å². The van der Waals surface area contributed by atoms with E-state index in [1.54, 1.807) is 7.11 Å². The number of hydrogen-bond donors (Lipinski definition) is 2. The molecule has 0 fully saturated rings. The van der Waals surface area contributed by atoms with Crippen molar-refractivity contribution in [2.45, 2.75) is 26.9 Å². The van der Waals surface area contributed by atoms with Crippen LogP contribution < -0.4 is 10.1 Å². The molecule has 0 spiro atoms. The molecule has 0 amide bonds. The monoisotopic (exact) mass is 257 g/mol. The van der Waals surface area contributed by atoms with Crippen LogP contribution in [0.25, 0.3) is 0 Å². The Morgan fingerprint density at radius 1 is 1.24 bits per heavy atom. The maximum absolute atomic E-state index is 10.1. The Morgan fingerprint density at radius 2 is 1.82 bits per heavy atom. The normalized spacial score (nSPS) is 12.6. The van der Waals surface area contributed by atoms with Gasteiger partial charge in [0.1, 0.15) is 5.75 Å². The van der Waals surface area contributed by atoms with Gasteiger partial charge < -0.3 is 15.2 Å². The fraction of sp³-hybridized carbons (Fsp3) is 0.538. The SMILES string of the molecule is CNCC(O)c1c(C)c(C)c(OC)c(Cl)c1C. The summed E-state index contributed by atoms with van der Waals surface area (Å²) in [7, 11) is 3.42. The van der Waals surface area contributed by atoms with Crippen LogP contribution in [0.5, 0.6) is 5.75 Å². The van der Waals surface area contributed by atoms with E-state index in [-0.39, 0.29) is 0 Å². The average molecular weight is 258 g/mol. The van der Waals surface area contributed by atoms with Crippen molar-refractivity contribution in [3.8, 4) is 5.75 Å². The van der Waals surface area contributed by atoms with Gasteiger partial charge in [-0.05, 0) is 50.1 Å². The Balaban J connectivity index is 3.42. The minimum absolute atomic E-state index is 0.504. The van der Waals surface area contributed by atoms with Crippen molar-refractivity contribution in [2.24, 2.45) is 0 Å². The molecular formula is C13H20ClNO2. The average Bonchev–Trinajstić information content (AvgIpc) is 2.28. The molecule has 1 aromatic carbocycles. The quantitative estimate of drug-likeness (QED) is 0.871. The molecule has 0 aliphatic heterocycles. The first-order chi connectivity index (χ1) is 7.95. The van der Waals surface area contributed by atoms with Crippen molar-refractivity contribution in [3.63, 3.8) is 0 Å². The Morgan fingerprint density at radius 3 is 2.29 bits per heavy atom. The molecule has 0 radical (unpaired) electrons.